The van der Waals surface area contributed by atoms with Gasteiger partial charge in [-0.05, 0) is 62.0 Å². The maximum atomic E-state index is 12.6. The molecule has 0 unspecified atom stereocenters. The molecule has 2 aliphatic rings. The number of amides is 1. The molecule has 0 aromatic heterocycles. The molecular formula is C20H30N2O3S. The van der Waals surface area contributed by atoms with E-state index in [1.165, 1.54) is 11.1 Å². The molecule has 0 spiro atoms. The van der Waals surface area contributed by atoms with Gasteiger partial charge in [-0.15, -0.1) is 0 Å². The summed E-state index contributed by atoms with van der Waals surface area (Å²) >= 11 is 0. The molecule has 1 N–H and O–H groups in total. The summed E-state index contributed by atoms with van der Waals surface area (Å²) in [4.78, 5) is 14.2. The first-order chi connectivity index (χ1) is 12.3. The van der Waals surface area contributed by atoms with Crippen LogP contribution in [0.2, 0.25) is 0 Å². The van der Waals surface area contributed by atoms with Crippen LogP contribution in [-0.2, 0) is 27.7 Å². The van der Waals surface area contributed by atoms with Crippen LogP contribution < -0.4 is 4.72 Å². The SMILES string of the molecule is CC1CCC(NS(=O)(=O)CC(=O)N(C)[C@@H]2CCc3ccccc3C2)CC1. The first-order valence-corrected chi connectivity index (χ1v) is 11.3. The van der Waals surface area contributed by atoms with Crippen molar-refractivity contribution in [1.29, 1.82) is 0 Å². The lowest BCUT2D eigenvalue weighted by atomic mass is 9.88. The third-order valence-corrected chi connectivity index (χ3v) is 7.26. The van der Waals surface area contributed by atoms with E-state index in [1.54, 1.807) is 11.9 Å². The van der Waals surface area contributed by atoms with E-state index in [2.05, 4.69) is 23.8 Å². The van der Waals surface area contributed by atoms with E-state index in [-0.39, 0.29) is 18.0 Å². The van der Waals surface area contributed by atoms with Crippen LogP contribution in [0.25, 0.3) is 0 Å². The Morgan fingerprint density at radius 1 is 1.12 bits per heavy atom. The number of nitrogens with one attached hydrogen (secondary N) is 1. The van der Waals surface area contributed by atoms with E-state index < -0.39 is 15.8 Å². The Balaban J connectivity index is 1.55. The minimum absolute atomic E-state index is 0.0177. The van der Waals surface area contributed by atoms with Crippen LogP contribution in [0.1, 0.15) is 50.2 Å². The lowest BCUT2D eigenvalue weighted by molar-refractivity contribution is -0.129. The molecule has 144 valence electrons. The quantitative estimate of drug-likeness (QED) is 0.856. The summed E-state index contributed by atoms with van der Waals surface area (Å²) in [5, 5.41) is 0. The van der Waals surface area contributed by atoms with Crippen molar-refractivity contribution >= 4 is 15.9 Å². The van der Waals surface area contributed by atoms with Gasteiger partial charge in [0.05, 0.1) is 0 Å². The molecule has 0 heterocycles. The van der Waals surface area contributed by atoms with Gasteiger partial charge in [-0.1, -0.05) is 31.2 Å². The van der Waals surface area contributed by atoms with Gasteiger partial charge >= 0.3 is 0 Å². The zero-order valence-corrected chi connectivity index (χ0v) is 16.6. The fraction of sp³-hybridized carbons (Fsp3) is 0.650. The highest BCUT2D eigenvalue weighted by Gasteiger charge is 2.29. The van der Waals surface area contributed by atoms with Crippen molar-refractivity contribution in [3.8, 4) is 0 Å². The van der Waals surface area contributed by atoms with Crippen molar-refractivity contribution in [2.75, 3.05) is 12.8 Å². The number of likely N-dealkylation sites (N-methyl/N-ethyl adjacent to an activating group) is 1. The molecule has 1 saturated carbocycles. The average molecular weight is 379 g/mol. The lowest BCUT2D eigenvalue weighted by Gasteiger charge is -2.33. The van der Waals surface area contributed by atoms with Gasteiger partial charge in [0.15, 0.2) is 0 Å². The second-order valence-electron chi connectivity index (χ2n) is 8.00. The van der Waals surface area contributed by atoms with Gasteiger partial charge in [-0.3, -0.25) is 4.79 Å². The van der Waals surface area contributed by atoms with Crippen LogP contribution in [0.3, 0.4) is 0 Å². The van der Waals surface area contributed by atoms with Crippen molar-refractivity contribution in [1.82, 2.24) is 9.62 Å². The van der Waals surface area contributed by atoms with Crippen LogP contribution >= 0.6 is 0 Å². The summed E-state index contributed by atoms with van der Waals surface area (Å²) < 4.78 is 27.6. The van der Waals surface area contributed by atoms with Gasteiger partial charge in [0.25, 0.3) is 0 Å². The maximum absolute atomic E-state index is 12.6. The zero-order valence-electron chi connectivity index (χ0n) is 15.8. The van der Waals surface area contributed by atoms with E-state index in [9.17, 15) is 13.2 Å². The molecule has 1 fully saturated rings. The van der Waals surface area contributed by atoms with E-state index in [0.29, 0.717) is 5.92 Å². The molecule has 3 rings (SSSR count). The Bertz CT molecular complexity index is 739. The predicted molar refractivity (Wildman–Crippen MR) is 103 cm³/mol. The molecule has 26 heavy (non-hydrogen) atoms. The van der Waals surface area contributed by atoms with E-state index >= 15 is 0 Å². The van der Waals surface area contributed by atoms with Crippen LogP contribution in [0.5, 0.6) is 0 Å². The smallest absolute Gasteiger partial charge is 0.239 e. The van der Waals surface area contributed by atoms with E-state index in [4.69, 9.17) is 0 Å². The first kappa shape index (κ1) is 19.4. The zero-order chi connectivity index (χ0) is 18.7. The fourth-order valence-corrected chi connectivity index (χ4v) is 5.51. The maximum Gasteiger partial charge on any atom is 0.239 e. The molecule has 6 heteroatoms. The second kappa shape index (κ2) is 8.09. The fourth-order valence-electron chi connectivity index (χ4n) is 4.15. The normalized spacial score (nSPS) is 26.2. The Morgan fingerprint density at radius 3 is 2.46 bits per heavy atom. The average Bonchev–Trinajstić information content (AvgIpc) is 2.62. The van der Waals surface area contributed by atoms with E-state index in [1.807, 2.05) is 12.1 Å². The molecule has 1 amide bonds. The van der Waals surface area contributed by atoms with Gasteiger partial charge in [0, 0.05) is 19.1 Å². The Labute approximate surface area is 157 Å². The van der Waals surface area contributed by atoms with Gasteiger partial charge in [0.2, 0.25) is 15.9 Å². The summed E-state index contributed by atoms with van der Waals surface area (Å²) in [5.74, 6) is -0.1000. The number of sulfonamides is 1. The standard InChI is InChI=1S/C20H30N2O3S/c1-15-7-10-18(11-8-15)21-26(24,25)14-20(23)22(2)19-12-9-16-5-3-4-6-17(16)13-19/h3-6,15,18-19,21H,7-14H2,1-2H3/t15?,18?,19-/m1/s1. The first-order valence-electron chi connectivity index (χ1n) is 9.66. The van der Waals surface area contributed by atoms with E-state index in [0.717, 1.165) is 44.9 Å². The minimum atomic E-state index is -3.58. The van der Waals surface area contributed by atoms with Crippen molar-refractivity contribution in [2.45, 2.75) is 64.0 Å². The number of fused-ring (bicyclic) bond motifs is 1. The minimum Gasteiger partial charge on any atom is -0.342 e. The monoisotopic (exact) mass is 378 g/mol. The molecular weight excluding hydrogens is 348 g/mol. The highest BCUT2D eigenvalue weighted by Crippen LogP contribution is 2.25. The van der Waals surface area contributed by atoms with Crippen molar-refractivity contribution in [3.05, 3.63) is 35.4 Å². The van der Waals surface area contributed by atoms with Crippen LogP contribution in [-0.4, -0.2) is 44.1 Å². The number of carbonyl (C=O) groups is 1. The van der Waals surface area contributed by atoms with Crippen LogP contribution in [0.4, 0.5) is 0 Å². The topological polar surface area (TPSA) is 66.5 Å². The molecule has 1 aromatic rings. The van der Waals surface area contributed by atoms with Crippen molar-refractivity contribution in [3.63, 3.8) is 0 Å². The highest BCUT2D eigenvalue weighted by molar-refractivity contribution is 7.90. The van der Waals surface area contributed by atoms with Crippen LogP contribution in [0, 0.1) is 5.92 Å². The number of hydrogen-bond donors (Lipinski definition) is 1. The molecule has 0 aliphatic heterocycles. The van der Waals surface area contributed by atoms with Gasteiger partial charge in [0.1, 0.15) is 5.75 Å². The number of benzene rings is 1. The second-order valence-corrected chi connectivity index (χ2v) is 9.76. The Kier molecular flexibility index (Phi) is 6.03. The lowest BCUT2D eigenvalue weighted by Crippen LogP contribution is -2.46. The largest absolute Gasteiger partial charge is 0.342 e. The Morgan fingerprint density at radius 2 is 1.77 bits per heavy atom. The van der Waals surface area contributed by atoms with Gasteiger partial charge < -0.3 is 4.90 Å². The predicted octanol–water partition coefficient (Wildman–Crippen LogP) is 2.50. The summed E-state index contributed by atoms with van der Waals surface area (Å²) in [6.07, 6.45) is 6.43. The molecule has 0 bridgehead atoms. The number of hydrogen-bond acceptors (Lipinski definition) is 3. The summed E-state index contributed by atoms with van der Waals surface area (Å²) in [7, 11) is -1.85. The Hall–Kier alpha value is -1.40. The molecule has 1 aromatic carbocycles. The van der Waals surface area contributed by atoms with Gasteiger partial charge in [-0.2, -0.15) is 0 Å². The van der Waals surface area contributed by atoms with Crippen molar-refractivity contribution in [2.24, 2.45) is 5.92 Å². The van der Waals surface area contributed by atoms with Gasteiger partial charge in [-0.25, -0.2) is 13.1 Å². The number of carbonyl (C=O) groups excluding carboxylic acids is 1. The molecule has 0 saturated heterocycles. The van der Waals surface area contributed by atoms with Crippen molar-refractivity contribution < 1.29 is 13.2 Å². The molecule has 5 nitrogen and oxygen atoms in total. The number of aryl methyl sites for hydroxylation is 1. The molecule has 1 atom stereocenters. The number of nitrogens with zero attached hydrogens (tertiary/aromatic N) is 1. The summed E-state index contributed by atoms with van der Waals surface area (Å²) in [6.45, 7) is 2.20. The third kappa shape index (κ3) is 4.86. The summed E-state index contributed by atoms with van der Waals surface area (Å²) in [6, 6.07) is 8.34. The molecule has 0 radical (unpaired) electrons. The third-order valence-electron chi connectivity index (χ3n) is 5.94. The number of rotatable bonds is 5. The van der Waals surface area contributed by atoms with Crippen LogP contribution in [0.15, 0.2) is 24.3 Å². The summed E-state index contributed by atoms with van der Waals surface area (Å²) in [5.41, 5.74) is 2.60. The highest BCUT2D eigenvalue weighted by atomic mass is 32.2. The molecule has 2 aliphatic carbocycles.